The van der Waals surface area contributed by atoms with Crippen LogP contribution < -0.4 is 25.2 Å². The number of amides is 1. The molecule has 0 spiro atoms. The van der Waals surface area contributed by atoms with Gasteiger partial charge in [0.05, 0.1) is 55.5 Å². The Morgan fingerprint density at radius 1 is 1.03 bits per heavy atom. The highest BCUT2D eigenvalue weighted by Gasteiger charge is 2.19. The maximum Gasteiger partial charge on any atom is 0.337 e. The molecule has 0 unspecified atom stereocenters. The Hall–Kier alpha value is -4.08. The largest absolute Gasteiger partial charge is 0.493 e. The summed E-state index contributed by atoms with van der Waals surface area (Å²) < 4.78 is 16.9. The van der Waals surface area contributed by atoms with E-state index in [4.69, 9.17) is 14.2 Å². The van der Waals surface area contributed by atoms with E-state index in [0.717, 1.165) is 31.6 Å². The average molecular weight is 495 g/mol. The minimum Gasteiger partial charge on any atom is -0.493 e. The van der Waals surface area contributed by atoms with Gasteiger partial charge >= 0.3 is 5.97 Å². The Morgan fingerprint density at radius 3 is 2.44 bits per heavy atom. The molecule has 3 aromatic rings. The first-order valence-electron chi connectivity index (χ1n) is 11.8. The molecule has 1 aromatic heterocycles. The molecule has 0 saturated carbocycles. The molecule has 2 heterocycles. The van der Waals surface area contributed by atoms with Crippen LogP contribution in [0.5, 0.6) is 11.5 Å². The lowest BCUT2D eigenvalue weighted by molar-refractivity contribution is -0.116. The number of hydrogen-bond donors (Lipinski definition) is 1. The number of esters is 1. The summed E-state index contributed by atoms with van der Waals surface area (Å²) in [4.78, 5) is 44.3. The van der Waals surface area contributed by atoms with Crippen LogP contribution in [0.15, 0.2) is 41.5 Å². The summed E-state index contributed by atoms with van der Waals surface area (Å²) in [6.07, 6.45) is 4.26. The van der Waals surface area contributed by atoms with Gasteiger partial charge in [-0.05, 0) is 43.5 Å². The number of nitrogens with one attached hydrogen (secondary N) is 1. The number of anilines is 2. The summed E-state index contributed by atoms with van der Waals surface area (Å²) >= 11 is 0. The molecule has 1 amide bonds. The molecular formula is C26H30N4O6. The molecule has 2 aromatic carbocycles. The molecule has 4 rings (SSSR count). The lowest BCUT2D eigenvalue weighted by Gasteiger charge is -2.22. The van der Waals surface area contributed by atoms with Gasteiger partial charge in [0.15, 0.2) is 11.5 Å². The second-order valence-corrected chi connectivity index (χ2v) is 8.54. The van der Waals surface area contributed by atoms with Gasteiger partial charge in [0.1, 0.15) is 0 Å². The van der Waals surface area contributed by atoms with E-state index in [2.05, 4.69) is 15.2 Å². The number of aromatic nitrogens is 2. The van der Waals surface area contributed by atoms with Crippen LogP contribution in [0, 0.1) is 0 Å². The number of carbonyl (C=O) groups excluding carboxylic acids is 2. The smallest absolute Gasteiger partial charge is 0.337 e. The molecule has 0 aliphatic carbocycles. The summed E-state index contributed by atoms with van der Waals surface area (Å²) in [6, 6.07) is 8.47. The predicted molar refractivity (Wildman–Crippen MR) is 136 cm³/mol. The number of hydrogen-bond acceptors (Lipinski definition) is 8. The molecule has 36 heavy (non-hydrogen) atoms. The summed E-state index contributed by atoms with van der Waals surface area (Å²) in [6.45, 7) is 2.12. The van der Waals surface area contributed by atoms with E-state index in [0.29, 0.717) is 46.6 Å². The average Bonchev–Trinajstić information content (AvgIpc) is 3.43. The summed E-state index contributed by atoms with van der Waals surface area (Å²) in [7, 11) is 4.36. The monoisotopic (exact) mass is 494 g/mol. The van der Waals surface area contributed by atoms with E-state index >= 15 is 0 Å². The van der Waals surface area contributed by atoms with E-state index in [1.165, 1.54) is 32.2 Å². The predicted octanol–water partition coefficient (Wildman–Crippen LogP) is 3.22. The zero-order valence-corrected chi connectivity index (χ0v) is 20.7. The Labute approximate surface area is 208 Å². The van der Waals surface area contributed by atoms with Crippen LogP contribution in [-0.2, 0) is 16.1 Å². The molecule has 10 nitrogen and oxygen atoms in total. The number of ether oxygens (including phenoxy) is 3. The fourth-order valence-corrected chi connectivity index (χ4v) is 4.38. The maximum atomic E-state index is 13.0. The second-order valence-electron chi connectivity index (χ2n) is 8.54. The first kappa shape index (κ1) is 25.0. The second kappa shape index (κ2) is 11.1. The molecule has 10 heteroatoms. The fourth-order valence-electron chi connectivity index (χ4n) is 4.38. The number of nitrogens with zero attached hydrogens (tertiary/aromatic N) is 3. The van der Waals surface area contributed by atoms with E-state index in [-0.39, 0.29) is 17.9 Å². The van der Waals surface area contributed by atoms with Crippen LogP contribution in [0.2, 0.25) is 0 Å². The minimum atomic E-state index is -0.462. The number of methoxy groups -OCH3 is 3. The van der Waals surface area contributed by atoms with Crippen molar-refractivity contribution in [2.75, 3.05) is 44.6 Å². The minimum absolute atomic E-state index is 0.193. The maximum absolute atomic E-state index is 13.0. The summed E-state index contributed by atoms with van der Waals surface area (Å²) in [5.41, 5.74) is 2.12. The van der Waals surface area contributed by atoms with E-state index in [1.807, 2.05) is 6.07 Å². The van der Waals surface area contributed by atoms with Crippen molar-refractivity contribution in [2.45, 2.75) is 32.2 Å². The van der Waals surface area contributed by atoms with Crippen molar-refractivity contribution in [3.63, 3.8) is 0 Å². The van der Waals surface area contributed by atoms with Crippen LogP contribution in [0.25, 0.3) is 10.9 Å². The fraction of sp³-hybridized carbons (Fsp3) is 0.385. The van der Waals surface area contributed by atoms with Crippen molar-refractivity contribution in [2.24, 2.45) is 0 Å². The highest BCUT2D eigenvalue weighted by molar-refractivity contribution is 5.98. The highest BCUT2D eigenvalue weighted by atomic mass is 16.5. The van der Waals surface area contributed by atoms with Crippen molar-refractivity contribution in [3.05, 3.63) is 52.6 Å². The van der Waals surface area contributed by atoms with Crippen LogP contribution in [0.1, 0.15) is 36.0 Å². The molecule has 1 fully saturated rings. The number of benzene rings is 2. The van der Waals surface area contributed by atoms with Crippen molar-refractivity contribution < 1.29 is 23.8 Å². The van der Waals surface area contributed by atoms with Crippen LogP contribution >= 0.6 is 0 Å². The van der Waals surface area contributed by atoms with Crippen molar-refractivity contribution >= 4 is 34.2 Å². The summed E-state index contributed by atoms with van der Waals surface area (Å²) in [5, 5.41) is 3.35. The van der Waals surface area contributed by atoms with Gasteiger partial charge in [0, 0.05) is 32.1 Å². The van der Waals surface area contributed by atoms with Crippen LogP contribution in [0.4, 0.5) is 11.4 Å². The quantitative estimate of drug-likeness (QED) is 0.452. The van der Waals surface area contributed by atoms with Gasteiger partial charge in [-0.3, -0.25) is 14.2 Å². The van der Waals surface area contributed by atoms with Gasteiger partial charge in [-0.2, -0.15) is 0 Å². The standard InChI is InChI=1S/C26H30N4O6/c1-34-22-14-18-19(15-23(22)35-2)27-16-30(25(18)32)12-6-7-24(31)28-20-13-17(26(33)36-3)8-9-21(20)29-10-4-5-11-29/h8-9,13-16H,4-7,10-12H2,1-3H3,(H,28,31). The van der Waals surface area contributed by atoms with Crippen LogP contribution in [-0.4, -0.2) is 55.8 Å². The zero-order chi connectivity index (χ0) is 25.7. The molecule has 0 bridgehead atoms. The van der Waals surface area contributed by atoms with E-state index < -0.39 is 5.97 Å². The lowest BCUT2D eigenvalue weighted by atomic mass is 10.1. The number of aryl methyl sites for hydroxylation is 1. The van der Waals surface area contributed by atoms with Crippen molar-refractivity contribution in [3.8, 4) is 11.5 Å². The molecule has 1 saturated heterocycles. The van der Waals surface area contributed by atoms with E-state index in [9.17, 15) is 14.4 Å². The number of fused-ring (bicyclic) bond motifs is 1. The third-order valence-electron chi connectivity index (χ3n) is 6.27. The lowest BCUT2D eigenvalue weighted by Crippen LogP contribution is -2.23. The van der Waals surface area contributed by atoms with Gasteiger partial charge in [0.25, 0.3) is 5.56 Å². The normalized spacial score (nSPS) is 13.0. The van der Waals surface area contributed by atoms with Gasteiger partial charge in [-0.25, -0.2) is 9.78 Å². The Morgan fingerprint density at radius 2 is 1.75 bits per heavy atom. The Balaban J connectivity index is 1.45. The topological polar surface area (TPSA) is 112 Å². The SMILES string of the molecule is COC(=O)c1ccc(N2CCCC2)c(NC(=O)CCCn2cnc3cc(OC)c(OC)cc3c2=O)c1. The molecule has 0 atom stereocenters. The Bertz CT molecular complexity index is 1330. The third kappa shape index (κ3) is 5.27. The number of rotatable bonds is 9. The molecular weight excluding hydrogens is 464 g/mol. The van der Waals surface area contributed by atoms with Gasteiger partial charge in [-0.1, -0.05) is 0 Å². The molecule has 0 radical (unpaired) electrons. The third-order valence-corrected chi connectivity index (χ3v) is 6.27. The van der Waals surface area contributed by atoms with Crippen LogP contribution in [0.3, 0.4) is 0 Å². The van der Waals surface area contributed by atoms with Gasteiger partial charge in [-0.15, -0.1) is 0 Å². The zero-order valence-electron chi connectivity index (χ0n) is 20.7. The molecule has 190 valence electrons. The Kier molecular flexibility index (Phi) is 7.72. The van der Waals surface area contributed by atoms with Gasteiger partial charge < -0.3 is 24.4 Å². The molecule has 1 N–H and O–H groups in total. The molecule has 1 aliphatic rings. The summed E-state index contributed by atoms with van der Waals surface area (Å²) in [5.74, 6) is 0.279. The highest BCUT2D eigenvalue weighted by Crippen LogP contribution is 2.31. The van der Waals surface area contributed by atoms with E-state index in [1.54, 1.807) is 24.3 Å². The number of carbonyl (C=O) groups is 2. The van der Waals surface area contributed by atoms with Crippen molar-refractivity contribution in [1.82, 2.24) is 9.55 Å². The van der Waals surface area contributed by atoms with Gasteiger partial charge in [0.2, 0.25) is 5.91 Å². The van der Waals surface area contributed by atoms with Crippen molar-refractivity contribution in [1.29, 1.82) is 0 Å². The molecule has 1 aliphatic heterocycles. The first-order chi connectivity index (χ1) is 17.4. The first-order valence-corrected chi connectivity index (χ1v) is 11.8.